The van der Waals surface area contributed by atoms with E-state index in [1.54, 1.807) is 78.8 Å². The molecule has 7 saturated heterocycles. The number of ether oxygens (including phenoxy) is 12. The number of esters is 4. The zero-order valence-electron chi connectivity index (χ0n) is 87.3. The topological polar surface area (TPSA) is 510 Å². The Bertz CT molecular complexity index is 5620. The van der Waals surface area contributed by atoms with Crippen LogP contribution in [0.3, 0.4) is 0 Å². The molecule has 13 heterocycles. The van der Waals surface area contributed by atoms with Gasteiger partial charge in [-0.1, -0.05) is 42.5 Å². The molecule has 812 valence electrons. The van der Waals surface area contributed by atoms with Crippen LogP contribution in [0.5, 0.6) is 0 Å². The molecule has 148 heavy (non-hydrogen) atoms. The highest BCUT2D eigenvalue weighted by Crippen LogP contribution is 2.42. The molecule has 8 aromatic rings. The van der Waals surface area contributed by atoms with Crippen molar-refractivity contribution in [1.82, 2.24) is 39.5 Å². The predicted molar refractivity (Wildman–Crippen MR) is 560 cm³/mol. The number of amides is 2. The number of hydrogen-bond donors (Lipinski definition) is 9. The first-order valence-corrected chi connectivity index (χ1v) is 52.3. The van der Waals surface area contributed by atoms with Crippen LogP contribution in [0.1, 0.15) is 228 Å². The molecular formula is C109H152Cl2N12O25. The van der Waals surface area contributed by atoms with Gasteiger partial charge in [-0.25, -0.2) is 14.4 Å². The fourth-order valence-electron chi connectivity index (χ4n) is 19.5. The molecule has 2 spiro atoms. The van der Waals surface area contributed by atoms with Gasteiger partial charge in [0.1, 0.15) is 29.2 Å². The van der Waals surface area contributed by atoms with Gasteiger partial charge in [-0.15, -0.1) is 23.2 Å². The van der Waals surface area contributed by atoms with Crippen LogP contribution in [0.25, 0.3) is 43.6 Å². The molecule has 0 bridgehead atoms. The van der Waals surface area contributed by atoms with Gasteiger partial charge in [0.15, 0.2) is 22.8 Å². The molecular weight excluding hydrogens is 1950 g/mol. The van der Waals surface area contributed by atoms with E-state index in [0.29, 0.717) is 202 Å². The number of rotatable bonds is 28. The Balaban J connectivity index is 0.000000191. The number of hydrogen-bond acceptors (Lipinski definition) is 30. The van der Waals surface area contributed by atoms with Gasteiger partial charge in [-0.3, -0.25) is 33.6 Å². The normalized spacial score (nSPS) is 18.2. The molecule has 11 N–H and O–H groups in total. The molecule has 0 aliphatic carbocycles. The van der Waals surface area contributed by atoms with E-state index >= 15 is 0 Å². The summed E-state index contributed by atoms with van der Waals surface area (Å²) in [5.41, 5.74) is 18.7. The SMILES string of the molecule is CC(=O)c1ccc2cc3n(c2c1)CC1(CCOCC1)CNC3=O.CCOC(=O)C1(C#N)CCOCC1.CCOC(=O)CC#N.CCOC(=O)c1cc2ccc(C(C)=O)cc2n1CC1(CN)CCOCC1.CCOC(=O)c1cc2ccc(C(C)=O)cc2n1CC1(CNC)CCOCC1.CNCC1(CO)CCOCC1.ClCCOCCCl.NCC1(CO)CCOCC1.O=C(O)c1ccc2cc3n(c2c1)CC1(CCOCC1)CNC3=O. The van der Waals surface area contributed by atoms with Crippen molar-refractivity contribution in [2.45, 2.75) is 171 Å². The first-order valence-electron chi connectivity index (χ1n) is 51.2. The van der Waals surface area contributed by atoms with Crippen LogP contribution < -0.4 is 32.7 Å². The number of nitriles is 2. The van der Waals surface area contributed by atoms with Gasteiger partial charge >= 0.3 is 29.8 Å². The maximum absolute atomic E-state index is 12.6. The highest BCUT2D eigenvalue weighted by atomic mass is 35.5. The third-order valence-electron chi connectivity index (χ3n) is 28.9. The lowest BCUT2D eigenvalue weighted by molar-refractivity contribution is -0.156. The molecule has 39 heteroatoms. The highest BCUT2D eigenvalue weighted by Gasteiger charge is 2.44. The van der Waals surface area contributed by atoms with Crippen LogP contribution in [-0.4, -0.2) is 303 Å². The number of aromatic carboxylic acids is 1. The first kappa shape index (κ1) is 121. The number of benzene rings is 4. The van der Waals surface area contributed by atoms with Gasteiger partial charge in [0.2, 0.25) is 0 Å². The van der Waals surface area contributed by atoms with E-state index in [0.717, 1.165) is 180 Å². The molecule has 4 aromatic carbocycles. The fourth-order valence-corrected chi connectivity index (χ4v) is 19.7. The maximum Gasteiger partial charge on any atom is 0.354 e. The van der Waals surface area contributed by atoms with Crippen molar-refractivity contribution in [3.05, 3.63) is 142 Å². The third-order valence-corrected chi connectivity index (χ3v) is 29.2. The van der Waals surface area contributed by atoms with Gasteiger partial charge in [0.25, 0.3) is 11.8 Å². The number of carbonyl (C=O) groups excluding carboxylic acids is 9. The summed E-state index contributed by atoms with van der Waals surface area (Å²) in [5.74, 6) is -1.46. The van der Waals surface area contributed by atoms with Crippen LogP contribution >= 0.6 is 23.2 Å². The Morgan fingerprint density at radius 3 is 1.11 bits per heavy atom. The van der Waals surface area contributed by atoms with Crippen molar-refractivity contribution in [3.8, 4) is 12.1 Å². The number of aromatic nitrogens is 4. The zero-order chi connectivity index (χ0) is 108. The van der Waals surface area contributed by atoms with Crippen LogP contribution in [0.2, 0.25) is 0 Å². The average Bonchev–Trinajstić information content (AvgIpc) is 1.64. The summed E-state index contributed by atoms with van der Waals surface area (Å²) in [7, 11) is 3.87. The lowest BCUT2D eigenvalue weighted by atomic mass is 9.79. The number of nitrogens with zero attached hydrogens (tertiary/aromatic N) is 6. The number of aliphatic hydroxyl groups excluding tert-OH is 2. The molecule has 2 amide bonds. The number of alkyl halides is 2. The summed E-state index contributed by atoms with van der Waals surface area (Å²) in [6.45, 7) is 31.3. The molecule has 9 aliphatic heterocycles. The number of carbonyl (C=O) groups is 10. The maximum atomic E-state index is 12.6. The third kappa shape index (κ3) is 33.2. The van der Waals surface area contributed by atoms with Crippen molar-refractivity contribution in [2.75, 3.05) is 210 Å². The minimum atomic E-state index is -0.957. The highest BCUT2D eigenvalue weighted by molar-refractivity contribution is 6.18. The fraction of sp³-hybridized carbons (Fsp3) is 0.596. The van der Waals surface area contributed by atoms with Crippen LogP contribution in [-0.2, 0) is 92.6 Å². The monoisotopic (exact) mass is 2100 g/mol. The van der Waals surface area contributed by atoms with E-state index in [-0.39, 0.29) is 98.8 Å². The van der Waals surface area contributed by atoms with Gasteiger partial charge in [-0.05, 0) is 201 Å². The number of fused-ring (bicyclic) bond motifs is 8. The second kappa shape index (κ2) is 59.8. The molecule has 4 aromatic heterocycles. The Labute approximate surface area is 876 Å². The summed E-state index contributed by atoms with van der Waals surface area (Å²) in [6.07, 6.45) is 11.7. The molecule has 0 saturated carbocycles. The second-order valence-electron chi connectivity index (χ2n) is 39.0. The number of carboxylic acid groups (broad SMARTS) is 1. The minimum absolute atomic E-state index is 0.00283. The molecule has 7 fully saturated rings. The number of carboxylic acids is 1. The number of halogens is 2. The minimum Gasteiger partial charge on any atom is -0.478 e. The summed E-state index contributed by atoms with van der Waals surface area (Å²) in [5, 5.41) is 60.5. The van der Waals surface area contributed by atoms with Crippen molar-refractivity contribution < 1.29 is 120 Å². The van der Waals surface area contributed by atoms with Crippen LogP contribution in [0, 0.1) is 60.6 Å². The molecule has 37 nitrogen and oxygen atoms in total. The van der Waals surface area contributed by atoms with Gasteiger partial charge in [0.05, 0.1) is 70.6 Å². The molecule has 17 rings (SSSR count). The van der Waals surface area contributed by atoms with Crippen LogP contribution in [0.4, 0.5) is 0 Å². The van der Waals surface area contributed by atoms with Gasteiger partial charge < -0.3 is 123 Å². The average molecular weight is 2100 g/mol. The Hall–Kier alpha value is -10.7. The number of ketones is 3. The zero-order valence-corrected chi connectivity index (χ0v) is 88.8. The summed E-state index contributed by atoms with van der Waals surface area (Å²) < 4.78 is 70.3. The second-order valence-corrected chi connectivity index (χ2v) is 39.7. The standard InChI is InChI=1S/C21H28N2O4.C20H26N2O4.C18H20N2O3.C17H18N2O4.C9H13NO3.C8H17NO2.C7H15NO2.C5H7NO2.C4H8Cl2O/c1-4-27-20(25)19-12-17-6-5-16(15(2)24)11-18(17)23(19)14-21(13-22-3)7-9-26-10-8-21;1-3-26-19(24)18-11-16-5-4-15(14(2)23)10-17(16)22(18)13-20(12-21)6-8-25-9-7-20;1-12(21)13-2-3-14-9-16-17(22)19-10-18(4-6-23-7-5-18)11-20(16)15(14)8-13;20-15-14-7-11-1-2-12(16(21)22)8-13(11)19(14)10-17(9-18-15)3-5-23-6-4-17;1-2-13-8(11)9(7-10)3-5-12-6-4-9;1-9-6-8(7-10)2-4-11-5-3-8;8-5-7(6-9)1-3-10-4-2-7;1-2-8-5(7)3-4-6;5-1-3-7-4-2-6/h5-6,11-12,22H,4,7-10,13-14H2,1-3H3;4-5,10-11H,3,6-9,12-13,21H2,1-2H3;2-3,8-9H,4-7,10-11H2,1H3,(H,19,22);1-2,7-8H,3-6,9-10H2,(H,18,20)(H,21,22);2-6H2,1H3;9-10H,2-7H2,1H3;9H,1-6,8H2;2-3H2,1H3;1-4H2. The number of Topliss-reactive ketones (excluding diaryl/α,β-unsaturated/α-hetero) is 3. The number of aliphatic hydroxyl groups is 2. The quantitative estimate of drug-likeness (QED) is 0.00723. The van der Waals surface area contributed by atoms with E-state index in [9.17, 15) is 58.2 Å². The lowest BCUT2D eigenvalue weighted by Crippen LogP contribution is -2.41. The molecule has 9 aliphatic rings. The van der Waals surface area contributed by atoms with E-state index in [1.807, 2.05) is 107 Å². The number of nitrogens with two attached hydrogens (primary N) is 2. The Morgan fingerprint density at radius 2 is 0.770 bits per heavy atom. The Kier molecular flexibility index (Phi) is 48.8. The lowest BCUT2D eigenvalue weighted by Gasteiger charge is -2.38. The van der Waals surface area contributed by atoms with Gasteiger partial charge in [-0.2, -0.15) is 10.5 Å². The Morgan fingerprint density at radius 1 is 0.439 bits per heavy atom. The molecule has 0 unspecified atom stereocenters. The van der Waals surface area contributed by atoms with Crippen molar-refractivity contribution in [3.63, 3.8) is 0 Å². The summed E-state index contributed by atoms with van der Waals surface area (Å²) >= 11 is 10.5. The first-order chi connectivity index (χ1) is 71.3. The summed E-state index contributed by atoms with van der Waals surface area (Å²) in [4.78, 5) is 118. The smallest absolute Gasteiger partial charge is 0.354 e. The molecule has 0 radical (unpaired) electrons. The van der Waals surface area contributed by atoms with Crippen molar-refractivity contribution >= 4 is 126 Å². The van der Waals surface area contributed by atoms with E-state index in [2.05, 4.69) is 30.6 Å². The van der Waals surface area contributed by atoms with E-state index in [1.165, 1.54) is 0 Å². The summed E-state index contributed by atoms with van der Waals surface area (Å²) in [6, 6.07) is 33.0. The van der Waals surface area contributed by atoms with Crippen LogP contribution in [0.15, 0.2) is 97.1 Å². The molecule has 0 atom stereocenters. The predicted octanol–water partition coefficient (Wildman–Crippen LogP) is 12.6. The van der Waals surface area contributed by atoms with E-state index < -0.39 is 23.3 Å². The van der Waals surface area contributed by atoms with Gasteiger partial charge in [0, 0.05) is 269 Å². The van der Waals surface area contributed by atoms with E-state index in [4.69, 9.17) is 102 Å². The van der Waals surface area contributed by atoms with Crippen molar-refractivity contribution in [2.24, 2.45) is 49.4 Å². The van der Waals surface area contributed by atoms with Crippen molar-refractivity contribution in [1.29, 1.82) is 10.5 Å². The number of nitrogens with one attached hydrogen (secondary N) is 4. The largest absolute Gasteiger partial charge is 0.478 e.